The number of aryl methyl sites for hydroxylation is 2. The van der Waals surface area contributed by atoms with Gasteiger partial charge in [0.1, 0.15) is 12.0 Å². The van der Waals surface area contributed by atoms with Crippen LogP contribution in [0.4, 0.5) is 14.5 Å². The van der Waals surface area contributed by atoms with Gasteiger partial charge >= 0.3 is 0 Å². The van der Waals surface area contributed by atoms with Gasteiger partial charge in [-0.2, -0.15) is 0 Å². The van der Waals surface area contributed by atoms with E-state index in [1.165, 1.54) is 6.33 Å². The van der Waals surface area contributed by atoms with Crippen molar-refractivity contribution in [3.05, 3.63) is 64.3 Å². The highest BCUT2D eigenvalue weighted by atomic mass is 35.5. The number of carbonyl (C=O) groups excluding carboxylic acids is 2. The number of benzene rings is 1. The molecule has 4 rings (SSSR count). The molecule has 10 heteroatoms. The van der Waals surface area contributed by atoms with Crippen LogP contribution in [-0.4, -0.2) is 44.8 Å². The smallest absolute Gasteiger partial charge is 0.270 e. The predicted octanol–water partition coefficient (Wildman–Crippen LogP) is 4.12. The van der Waals surface area contributed by atoms with Crippen LogP contribution in [0, 0.1) is 31.4 Å². The Morgan fingerprint density at radius 2 is 1.91 bits per heavy atom. The van der Waals surface area contributed by atoms with E-state index in [4.69, 9.17) is 11.6 Å². The van der Waals surface area contributed by atoms with Crippen molar-refractivity contribution in [3.63, 3.8) is 0 Å². The van der Waals surface area contributed by atoms with E-state index in [0.717, 1.165) is 34.8 Å². The van der Waals surface area contributed by atoms with Gasteiger partial charge in [0, 0.05) is 36.1 Å². The molecule has 1 fully saturated rings. The van der Waals surface area contributed by atoms with Crippen LogP contribution in [0.25, 0.3) is 11.3 Å². The minimum atomic E-state index is -1.17. The van der Waals surface area contributed by atoms with Gasteiger partial charge in [0.2, 0.25) is 5.91 Å². The van der Waals surface area contributed by atoms with E-state index in [2.05, 4.69) is 20.3 Å². The van der Waals surface area contributed by atoms with Gasteiger partial charge in [0.05, 0.1) is 22.3 Å². The molecule has 0 spiro atoms. The summed E-state index contributed by atoms with van der Waals surface area (Å²) in [5.41, 5.74) is 3.65. The molecule has 0 saturated carbocycles. The zero-order valence-corrected chi connectivity index (χ0v) is 18.1. The second kappa shape index (κ2) is 8.66. The maximum Gasteiger partial charge on any atom is 0.270 e. The van der Waals surface area contributed by atoms with Gasteiger partial charge in [-0.05, 0) is 38.5 Å². The first-order chi connectivity index (χ1) is 15.2. The van der Waals surface area contributed by atoms with Crippen molar-refractivity contribution in [3.8, 4) is 11.3 Å². The molecule has 1 aliphatic heterocycles. The van der Waals surface area contributed by atoms with E-state index in [9.17, 15) is 18.4 Å². The van der Waals surface area contributed by atoms with E-state index in [1.807, 2.05) is 13.8 Å². The van der Waals surface area contributed by atoms with Gasteiger partial charge in [0.15, 0.2) is 11.6 Å². The minimum absolute atomic E-state index is 0.0634. The summed E-state index contributed by atoms with van der Waals surface area (Å²) < 4.78 is 26.9. The van der Waals surface area contributed by atoms with Crippen molar-refractivity contribution in [2.75, 3.05) is 18.4 Å². The zero-order chi connectivity index (χ0) is 23.0. The molecule has 0 unspecified atom stereocenters. The van der Waals surface area contributed by atoms with Crippen LogP contribution in [0.2, 0.25) is 5.02 Å². The lowest BCUT2D eigenvalue weighted by atomic mass is 10.1. The fourth-order valence-electron chi connectivity index (χ4n) is 3.85. The Balaban J connectivity index is 1.43. The summed E-state index contributed by atoms with van der Waals surface area (Å²) in [4.78, 5) is 38.6. The van der Waals surface area contributed by atoms with Crippen LogP contribution in [0.1, 0.15) is 28.3 Å². The molecule has 1 aliphatic rings. The van der Waals surface area contributed by atoms with Crippen LogP contribution in [0.5, 0.6) is 0 Å². The zero-order valence-electron chi connectivity index (χ0n) is 17.4. The molecule has 3 aromatic rings. The molecule has 0 aliphatic carbocycles. The van der Waals surface area contributed by atoms with Gasteiger partial charge in [-0.3, -0.25) is 9.59 Å². The van der Waals surface area contributed by atoms with Gasteiger partial charge < -0.3 is 15.2 Å². The topological polar surface area (TPSA) is 91.0 Å². The highest BCUT2D eigenvalue weighted by Gasteiger charge is 2.32. The van der Waals surface area contributed by atoms with E-state index in [-0.39, 0.29) is 24.0 Å². The second-order valence-electron chi connectivity index (χ2n) is 7.69. The molecular weight excluding hydrogens is 440 g/mol. The summed E-state index contributed by atoms with van der Waals surface area (Å²) >= 11 is 5.63. The van der Waals surface area contributed by atoms with Gasteiger partial charge in [-0.1, -0.05) is 11.6 Å². The number of anilines is 1. The van der Waals surface area contributed by atoms with Gasteiger partial charge in [-0.25, -0.2) is 18.7 Å². The highest BCUT2D eigenvalue weighted by Crippen LogP contribution is 2.27. The minimum Gasteiger partial charge on any atom is -0.350 e. The summed E-state index contributed by atoms with van der Waals surface area (Å²) in [5.74, 6) is -3.41. The number of carbonyl (C=O) groups is 2. The Labute approximate surface area is 187 Å². The lowest BCUT2D eigenvalue weighted by Crippen LogP contribution is -2.31. The second-order valence-corrected chi connectivity index (χ2v) is 8.09. The van der Waals surface area contributed by atoms with Crippen molar-refractivity contribution in [1.82, 2.24) is 19.9 Å². The first kappa shape index (κ1) is 21.9. The molecule has 0 radical (unpaired) electrons. The van der Waals surface area contributed by atoms with Crippen molar-refractivity contribution in [2.45, 2.75) is 20.3 Å². The van der Waals surface area contributed by atoms with Crippen molar-refractivity contribution in [1.29, 1.82) is 0 Å². The number of hydrogen-bond donors (Lipinski definition) is 2. The molecule has 2 amide bonds. The molecule has 1 atom stereocenters. The number of H-pyrrole nitrogens is 1. The summed E-state index contributed by atoms with van der Waals surface area (Å²) in [7, 11) is 0. The predicted molar refractivity (Wildman–Crippen MR) is 115 cm³/mol. The van der Waals surface area contributed by atoms with E-state index >= 15 is 0 Å². The number of aromatic amines is 1. The first-order valence-corrected chi connectivity index (χ1v) is 10.3. The third-order valence-corrected chi connectivity index (χ3v) is 5.78. The van der Waals surface area contributed by atoms with Crippen LogP contribution in [0.3, 0.4) is 0 Å². The number of halogens is 3. The average molecular weight is 460 g/mol. The van der Waals surface area contributed by atoms with Crippen LogP contribution in [0.15, 0.2) is 30.6 Å². The molecular formula is C22H20ClF2N5O2. The Hall–Kier alpha value is -3.33. The molecule has 2 N–H and O–H groups in total. The molecule has 7 nitrogen and oxygen atoms in total. The third-order valence-electron chi connectivity index (χ3n) is 5.51. The van der Waals surface area contributed by atoms with Crippen molar-refractivity contribution >= 4 is 29.1 Å². The number of likely N-dealkylation sites (tertiary alicyclic amines) is 1. The largest absolute Gasteiger partial charge is 0.350 e. The highest BCUT2D eigenvalue weighted by molar-refractivity contribution is 6.31. The van der Waals surface area contributed by atoms with Crippen LogP contribution in [-0.2, 0) is 4.79 Å². The molecule has 32 heavy (non-hydrogen) atoms. The molecule has 0 bridgehead atoms. The molecule has 3 heterocycles. The lowest BCUT2D eigenvalue weighted by Gasteiger charge is -2.16. The number of hydrogen-bond acceptors (Lipinski definition) is 4. The standard InChI is InChI=1S/C22H20ClF2N5O2/c1-11-19(12(2)27-10-26-11)17-3-4-18(29-17)22(32)30-6-5-13(9-30)21(31)28-14-7-15(23)20(25)16(24)8-14/h3-4,7-8,10,13,29H,5-6,9H2,1-2H3,(H,28,31)/t13-/m0/s1. The maximum absolute atomic E-state index is 13.5. The van der Waals surface area contributed by atoms with Gasteiger partial charge in [0.25, 0.3) is 5.91 Å². The summed E-state index contributed by atoms with van der Waals surface area (Å²) in [6.07, 6.45) is 1.94. The monoisotopic (exact) mass is 459 g/mol. The number of amides is 2. The maximum atomic E-state index is 13.5. The Kier molecular flexibility index (Phi) is 5.92. The van der Waals surface area contributed by atoms with Crippen molar-refractivity contribution < 1.29 is 18.4 Å². The summed E-state index contributed by atoms with van der Waals surface area (Å²) in [5, 5.41) is 2.12. The Morgan fingerprint density at radius 3 is 2.59 bits per heavy atom. The van der Waals surface area contributed by atoms with E-state index < -0.39 is 22.6 Å². The molecule has 1 saturated heterocycles. The number of nitrogens with one attached hydrogen (secondary N) is 2. The van der Waals surface area contributed by atoms with Crippen molar-refractivity contribution in [2.24, 2.45) is 5.92 Å². The lowest BCUT2D eigenvalue weighted by molar-refractivity contribution is -0.119. The van der Waals surface area contributed by atoms with Crippen LogP contribution < -0.4 is 5.32 Å². The summed E-state index contributed by atoms with van der Waals surface area (Å²) in [6.45, 7) is 4.35. The van der Waals surface area contributed by atoms with Crippen LogP contribution >= 0.6 is 11.6 Å². The Morgan fingerprint density at radius 1 is 1.19 bits per heavy atom. The number of nitrogens with zero attached hydrogens (tertiary/aromatic N) is 3. The average Bonchev–Trinajstić information content (AvgIpc) is 3.42. The molecule has 2 aromatic heterocycles. The quantitative estimate of drug-likeness (QED) is 0.574. The SMILES string of the molecule is Cc1ncnc(C)c1-c1ccc(C(=O)N2CC[C@H](C(=O)Nc3cc(F)c(F)c(Cl)c3)C2)[nH]1. The van der Waals surface area contributed by atoms with E-state index in [0.29, 0.717) is 18.7 Å². The van der Waals surface area contributed by atoms with E-state index in [1.54, 1.807) is 17.0 Å². The normalized spacial score (nSPS) is 15.8. The van der Waals surface area contributed by atoms with Gasteiger partial charge in [-0.15, -0.1) is 0 Å². The fraction of sp³-hybridized carbons (Fsp3) is 0.273. The molecule has 166 valence electrons. The Bertz CT molecular complexity index is 1170. The summed E-state index contributed by atoms with van der Waals surface area (Å²) in [6, 6.07) is 5.52. The third kappa shape index (κ3) is 4.20. The molecule has 1 aromatic carbocycles. The number of rotatable bonds is 4. The fourth-order valence-corrected chi connectivity index (χ4v) is 4.06. The number of aromatic nitrogens is 3. The first-order valence-electron chi connectivity index (χ1n) is 9.97.